The van der Waals surface area contributed by atoms with E-state index in [1.165, 1.54) is 24.5 Å². The predicted molar refractivity (Wildman–Crippen MR) is 184 cm³/mol. The number of halogens is 3. The van der Waals surface area contributed by atoms with Gasteiger partial charge in [0.25, 0.3) is 5.91 Å². The fraction of sp³-hybridized carbons (Fsp3) is 0.656. The lowest BCUT2D eigenvalue weighted by atomic mass is 9.71. The summed E-state index contributed by atoms with van der Waals surface area (Å²) in [6.07, 6.45) is 9.33. The molecule has 1 saturated carbocycles. The molecule has 0 bridgehead atoms. The molecule has 3 heterocycles. The van der Waals surface area contributed by atoms with Crippen LogP contribution in [-0.4, -0.2) is 91.2 Å². The lowest BCUT2D eigenvalue weighted by molar-refractivity contribution is 0.0618. The Morgan fingerprint density at radius 2 is 1.78 bits per heavy atom. The van der Waals surface area contributed by atoms with Crippen LogP contribution in [0.25, 0.3) is 0 Å². The van der Waals surface area contributed by atoms with E-state index in [0.29, 0.717) is 24.0 Å². The Balaban J connectivity index is 0.00000288. The minimum atomic E-state index is -3.14. The van der Waals surface area contributed by atoms with E-state index in [9.17, 15) is 17.6 Å². The number of piperidine rings is 1. The molecule has 0 atom stereocenters. The molecule has 5 rings (SSSR count). The Labute approximate surface area is 285 Å². The molecule has 2 aliphatic heterocycles. The van der Waals surface area contributed by atoms with Gasteiger partial charge in [-0.1, -0.05) is 0 Å². The van der Waals surface area contributed by atoms with Crippen molar-refractivity contribution in [2.75, 3.05) is 49.9 Å². The average Bonchev–Trinajstić information content (AvgIpc) is 2.99. The van der Waals surface area contributed by atoms with Crippen LogP contribution in [0.3, 0.4) is 0 Å². The molecular weight excluding hydrogens is 654 g/mol. The Morgan fingerprint density at radius 1 is 1.11 bits per heavy atom. The first-order chi connectivity index (χ1) is 21.0. The van der Waals surface area contributed by atoms with Crippen LogP contribution in [-0.2, 0) is 10.0 Å². The molecule has 46 heavy (non-hydrogen) atoms. The second-order valence-corrected chi connectivity index (χ2v) is 15.1. The van der Waals surface area contributed by atoms with E-state index in [1.807, 2.05) is 20.8 Å². The molecule has 1 spiro atoms. The van der Waals surface area contributed by atoms with E-state index < -0.39 is 15.8 Å². The monoisotopic (exact) mass is 702 g/mol. The van der Waals surface area contributed by atoms with Crippen molar-refractivity contribution >= 4 is 46.6 Å². The number of nitrogens with one attached hydrogen (secondary N) is 1. The Morgan fingerprint density at radius 3 is 2.39 bits per heavy atom. The molecule has 14 heteroatoms. The summed E-state index contributed by atoms with van der Waals surface area (Å²) < 4.78 is 47.2. The van der Waals surface area contributed by atoms with Gasteiger partial charge in [-0.25, -0.2) is 27.5 Å². The molecular formula is C32H49Cl2FN6O4S. The molecule has 1 aliphatic carbocycles. The van der Waals surface area contributed by atoms with Gasteiger partial charge >= 0.3 is 0 Å². The van der Waals surface area contributed by atoms with Crippen LogP contribution in [0.5, 0.6) is 11.5 Å². The van der Waals surface area contributed by atoms with E-state index in [2.05, 4.69) is 24.5 Å². The van der Waals surface area contributed by atoms with Gasteiger partial charge in [0.15, 0.2) is 11.6 Å². The van der Waals surface area contributed by atoms with Crippen molar-refractivity contribution in [1.29, 1.82) is 0 Å². The largest absolute Gasteiger partial charge is 0.451 e. The van der Waals surface area contributed by atoms with Gasteiger partial charge in [-0.05, 0) is 103 Å². The Kier molecular flexibility index (Phi) is 13.5. The maximum atomic E-state index is 14.2. The molecule has 2 aromatic rings. The summed E-state index contributed by atoms with van der Waals surface area (Å²) in [4.78, 5) is 28.5. The quantitative estimate of drug-likeness (QED) is 0.326. The van der Waals surface area contributed by atoms with Gasteiger partial charge in [0.2, 0.25) is 10.0 Å². The molecule has 10 nitrogen and oxygen atoms in total. The van der Waals surface area contributed by atoms with E-state index in [-0.39, 0.29) is 65.3 Å². The molecule has 0 unspecified atom stereocenters. The summed E-state index contributed by atoms with van der Waals surface area (Å²) >= 11 is 0. The molecule has 1 amide bonds. The molecule has 1 aromatic heterocycles. The lowest BCUT2D eigenvalue weighted by Crippen LogP contribution is -2.61. The number of carbonyl (C=O) groups is 1. The molecule has 3 aliphatic rings. The van der Waals surface area contributed by atoms with Crippen molar-refractivity contribution in [2.45, 2.75) is 78.3 Å². The van der Waals surface area contributed by atoms with Gasteiger partial charge in [0, 0.05) is 43.7 Å². The summed E-state index contributed by atoms with van der Waals surface area (Å²) in [5, 5.41) is 0. The number of ether oxygens (including phenoxy) is 1. The van der Waals surface area contributed by atoms with Gasteiger partial charge in [0.1, 0.15) is 17.9 Å². The van der Waals surface area contributed by atoms with Crippen molar-refractivity contribution in [3.8, 4) is 11.5 Å². The van der Waals surface area contributed by atoms with E-state index in [0.717, 1.165) is 71.2 Å². The van der Waals surface area contributed by atoms with Crippen LogP contribution in [0.15, 0.2) is 30.7 Å². The topological polar surface area (TPSA) is 108 Å². The number of carbonyl (C=O) groups excluding carboxylic acids is 1. The zero-order valence-corrected chi connectivity index (χ0v) is 29.7. The minimum Gasteiger partial charge on any atom is -0.451 e. The molecule has 0 radical (unpaired) electrons. The lowest BCUT2D eigenvalue weighted by Gasteiger charge is -2.54. The normalized spacial score (nSPS) is 21.2. The van der Waals surface area contributed by atoms with Crippen LogP contribution in [0.4, 0.5) is 10.2 Å². The first-order valence-corrected chi connectivity index (χ1v) is 17.7. The number of likely N-dealkylation sites (tertiary alicyclic amines) is 1. The Bertz CT molecular complexity index is 1410. The number of aromatic nitrogens is 2. The summed E-state index contributed by atoms with van der Waals surface area (Å²) in [6, 6.07) is 4.08. The van der Waals surface area contributed by atoms with Crippen molar-refractivity contribution in [1.82, 2.24) is 24.5 Å². The zero-order valence-electron chi connectivity index (χ0n) is 27.3. The number of rotatable bonds is 11. The first kappa shape index (κ1) is 38.2. The fourth-order valence-electron chi connectivity index (χ4n) is 7.00. The smallest absolute Gasteiger partial charge is 0.257 e. The van der Waals surface area contributed by atoms with Crippen LogP contribution in [0.1, 0.15) is 76.6 Å². The third-order valence-corrected chi connectivity index (χ3v) is 11.1. The number of benzene rings is 1. The first-order valence-electron chi connectivity index (χ1n) is 16.1. The molecule has 2 saturated heterocycles. The minimum absolute atomic E-state index is 0. The number of hydrogen-bond acceptors (Lipinski definition) is 8. The zero-order chi connectivity index (χ0) is 31.5. The Hall–Kier alpha value is -2.25. The van der Waals surface area contributed by atoms with Crippen molar-refractivity contribution < 1.29 is 22.3 Å². The van der Waals surface area contributed by atoms with Crippen molar-refractivity contribution in [3.63, 3.8) is 0 Å². The standard InChI is InChI=1S/C32H47FN6O4S.2ClH/c1-5-39(23(3)4)31(40)27-17-25(33)9-12-28(27)43-29-18-34-22-35-30(29)38-20-32(21-38)13-15-37(16-14-32)19-24-7-10-26(11-8-24)36-44(41,42)6-2;;/h9,12,17-18,22-24,26,36H,5-8,10-11,13-16,19-21H2,1-4H3;2*1H. The maximum absolute atomic E-state index is 14.2. The fourth-order valence-corrected chi connectivity index (χ4v) is 7.91. The van der Waals surface area contributed by atoms with Gasteiger partial charge < -0.3 is 19.4 Å². The van der Waals surface area contributed by atoms with Gasteiger partial charge in [-0.2, -0.15) is 0 Å². The number of hydrogen-bond donors (Lipinski definition) is 1. The van der Waals surface area contributed by atoms with E-state index in [4.69, 9.17) is 4.74 Å². The maximum Gasteiger partial charge on any atom is 0.257 e. The van der Waals surface area contributed by atoms with Gasteiger partial charge in [-0.15, -0.1) is 24.8 Å². The van der Waals surface area contributed by atoms with Crippen molar-refractivity contribution in [3.05, 3.63) is 42.1 Å². The van der Waals surface area contributed by atoms with Crippen molar-refractivity contribution in [2.24, 2.45) is 11.3 Å². The van der Waals surface area contributed by atoms with E-state index >= 15 is 0 Å². The second-order valence-electron chi connectivity index (χ2n) is 13.0. The highest BCUT2D eigenvalue weighted by Crippen LogP contribution is 2.45. The third-order valence-electron chi connectivity index (χ3n) is 9.63. The van der Waals surface area contributed by atoms with Gasteiger partial charge in [0.05, 0.1) is 17.5 Å². The summed E-state index contributed by atoms with van der Waals surface area (Å²) in [6.45, 7) is 12.9. The van der Waals surface area contributed by atoms with Crippen LogP contribution >= 0.6 is 24.8 Å². The van der Waals surface area contributed by atoms with Crippen LogP contribution in [0, 0.1) is 17.2 Å². The number of anilines is 1. The van der Waals surface area contributed by atoms with E-state index in [1.54, 1.807) is 18.0 Å². The highest BCUT2D eigenvalue weighted by Gasteiger charge is 2.46. The second kappa shape index (κ2) is 16.2. The third kappa shape index (κ3) is 9.00. The SMILES string of the molecule is CCN(C(=O)c1cc(F)ccc1Oc1cncnc1N1CC2(CCN(CC3CCC(NS(=O)(=O)CC)CC3)CC2)C1)C(C)C.Cl.Cl. The molecule has 258 valence electrons. The molecule has 1 N–H and O–H groups in total. The summed E-state index contributed by atoms with van der Waals surface area (Å²) in [7, 11) is -3.14. The highest BCUT2D eigenvalue weighted by atomic mass is 35.5. The van der Waals surface area contributed by atoms with Crippen LogP contribution < -0.4 is 14.4 Å². The predicted octanol–water partition coefficient (Wildman–Crippen LogP) is 5.52. The van der Waals surface area contributed by atoms with Crippen LogP contribution in [0.2, 0.25) is 0 Å². The molecule has 1 aromatic carbocycles. The number of sulfonamides is 1. The summed E-state index contributed by atoms with van der Waals surface area (Å²) in [5.74, 6) is 1.41. The number of amides is 1. The van der Waals surface area contributed by atoms with Gasteiger partial charge in [-0.3, -0.25) is 4.79 Å². The molecule has 3 fully saturated rings. The highest BCUT2D eigenvalue weighted by molar-refractivity contribution is 7.89. The average molecular weight is 704 g/mol. The summed E-state index contributed by atoms with van der Waals surface area (Å²) in [5.41, 5.74) is 0.420. The number of nitrogens with zero attached hydrogens (tertiary/aromatic N) is 5.